The van der Waals surface area contributed by atoms with Gasteiger partial charge in [0.15, 0.2) is 0 Å². The zero-order chi connectivity index (χ0) is 15.8. The van der Waals surface area contributed by atoms with Gasteiger partial charge >= 0.3 is 0 Å². The number of nitrogens with zero attached hydrogens (tertiary/aromatic N) is 2. The molecule has 6 nitrogen and oxygen atoms in total. The average Bonchev–Trinajstić information content (AvgIpc) is 2.53. The topological polar surface area (TPSA) is 93.9 Å². The zero-order valence-corrected chi connectivity index (χ0v) is 11.5. The molecular weight excluding hydrogens is 282 g/mol. The van der Waals surface area contributed by atoms with Gasteiger partial charge in [0, 0.05) is 11.8 Å². The minimum Gasteiger partial charge on any atom is -0.545 e. The summed E-state index contributed by atoms with van der Waals surface area (Å²) < 4.78 is 0. The van der Waals surface area contributed by atoms with Crippen molar-refractivity contribution >= 4 is 28.9 Å². The Morgan fingerprint density at radius 1 is 0.864 bits per heavy atom. The molecule has 0 saturated heterocycles. The molecule has 0 unspecified atom stereocenters. The lowest BCUT2D eigenvalue weighted by Gasteiger charge is -2.02. The van der Waals surface area contributed by atoms with Crippen molar-refractivity contribution in [3.63, 3.8) is 0 Å². The van der Waals surface area contributed by atoms with Crippen molar-refractivity contribution in [1.29, 1.82) is 0 Å². The summed E-state index contributed by atoms with van der Waals surface area (Å²) in [5, 5.41) is 20.8. The van der Waals surface area contributed by atoms with Crippen LogP contribution in [0.3, 0.4) is 0 Å². The molecule has 0 aliphatic rings. The molecule has 0 bridgehead atoms. The maximum Gasteiger partial charge on any atom is 0.248 e. The first-order chi connectivity index (χ1) is 10.6. The minimum absolute atomic E-state index is 0.520. The van der Waals surface area contributed by atoms with E-state index in [-0.39, 0.29) is 0 Å². The third-order valence-electron chi connectivity index (χ3n) is 2.54. The molecule has 6 heteroatoms. The molecule has 0 atom stereocenters. The summed E-state index contributed by atoms with van der Waals surface area (Å²) in [6.45, 7) is 0. The van der Waals surface area contributed by atoms with Gasteiger partial charge in [-0.2, -0.15) is 10.2 Å². The standard InChI is InChI=1S/C16H13N3O3/c20-15(10-11-16(21)22)17-12-6-8-14(9-7-12)19-18-13-4-2-1-3-5-13/h1-11H,(H,17,20)(H,21,22)/p-1/b11-10-,19-18?. The molecule has 1 N–H and O–H groups in total. The monoisotopic (exact) mass is 294 g/mol. The Morgan fingerprint density at radius 3 is 2.05 bits per heavy atom. The van der Waals surface area contributed by atoms with Crippen molar-refractivity contribution in [3.8, 4) is 0 Å². The first kappa shape index (κ1) is 15.1. The van der Waals surface area contributed by atoms with E-state index in [1.165, 1.54) is 0 Å². The Labute approximate surface area is 126 Å². The molecule has 2 aromatic carbocycles. The number of hydrogen-bond donors (Lipinski definition) is 1. The van der Waals surface area contributed by atoms with Gasteiger partial charge in [-0.25, -0.2) is 0 Å². The van der Waals surface area contributed by atoms with Gasteiger partial charge in [0.1, 0.15) is 0 Å². The number of nitrogens with one attached hydrogen (secondary N) is 1. The smallest absolute Gasteiger partial charge is 0.248 e. The Balaban J connectivity index is 1.97. The number of rotatable bonds is 5. The van der Waals surface area contributed by atoms with Crippen molar-refractivity contribution in [2.24, 2.45) is 10.2 Å². The molecule has 2 rings (SSSR count). The fourth-order valence-corrected chi connectivity index (χ4v) is 1.55. The van der Waals surface area contributed by atoms with Crippen LogP contribution in [0, 0.1) is 0 Å². The number of benzene rings is 2. The normalized spacial score (nSPS) is 10.9. The van der Waals surface area contributed by atoms with E-state index in [0.29, 0.717) is 17.5 Å². The van der Waals surface area contributed by atoms with Gasteiger partial charge in [0.05, 0.1) is 17.3 Å². The highest BCUT2D eigenvalue weighted by molar-refractivity contribution is 6.02. The molecule has 0 fully saturated rings. The molecule has 0 aromatic heterocycles. The third-order valence-corrected chi connectivity index (χ3v) is 2.54. The number of hydrogen-bond acceptors (Lipinski definition) is 5. The zero-order valence-electron chi connectivity index (χ0n) is 11.5. The number of carbonyl (C=O) groups is 2. The predicted octanol–water partition coefficient (Wildman–Crippen LogP) is 2.35. The van der Waals surface area contributed by atoms with Crippen molar-refractivity contribution in [2.75, 3.05) is 5.32 Å². The lowest BCUT2D eigenvalue weighted by atomic mass is 10.3. The summed E-state index contributed by atoms with van der Waals surface area (Å²) in [6.07, 6.45) is 1.55. The SMILES string of the molecule is O=C([O-])/C=C\C(=O)Nc1ccc(N=Nc2ccccc2)cc1. The van der Waals surface area contributed by atoms with Gasteiger partial charge in [-0.3, -0.25) is 4.79 Å². The van der Waals surface area contributed by atoms with Gasteiger partial charge in [-0.05, 0) is 42.5 Å². The molecule has 0 aliphatic carbocycles. The van der Waals surface area contributed by atoms with Crippen LogP contribution in [0.2, 0.25) is 0 Å². The van der Waals surface area contributed by atoms with Gasteiger partial charge in [-0.15, -0.1) is 0 Å². The highest BCUT2D eigenvalue weighted by Gasteiger charge is 1.98. The van der Waals surface area contributed by atoms with Crippen LogP contribution in [0.1, 0.15) is 0 Å². The third kappa shape index (κ3) is 5.01. The summed E-state index contributed by atoms with van der Waals surface area (Å²) in [7, 11) is 0. The summed E-state index contributed by atoms with van der Waals surface area (Å²) in [6, 6.07) is 16.0. The van der Waals surface area contributed by atoms with E-state index in [2.05, 4.69) is 15.5 Å². The summed E-state index contributed by atoms with van der Waals surface area (Å²) in [5.41, 5.74) is 1.89. The van der Waals surface area contributed by atoms with Crippen molar-refractivity contribution in [3.05, 3.63) is 66.7 Å². The molecule has 1 amide bonds. The predicted molar refractivity (Wildman–Crippen MR) is 79.8 cm³/mol. The van der Waals surface area contributed by atoms with Gasteiger partial charge < -0.3 is 15.2 Å². The van der Waals surface area contributed by atoms with E-state index >= 15 is 0 Å². The quantitative estimate of drug-likeness (QED) is 0.677. The molecule has 0 spiro atoms. The van der Waals surface area contributed by atoms with E-state index in [1.54, 1.807) is 24.3 Å². The number of carboxylic acid groups (broad SMARTS) is 1. The number of anilines is 1. The highest BCUT2D eigenvalue weighted by Crippen LogP contribution is 2.19. The van der Waals surface area contributed by atoms with Crippen LogP contribution in [0.5, 0.6) is 0 Å². The maximum atomic E-state index is 11.4. The van der Waals surface area contributed by atoms with E-state index in [1.807, 2.05) is 30.3 Å². The molecule has 110 valence electrons. The minimum atomic E-state index is -1.42. The Morgan fingerprint density at radius 2 is 1.45 bits per heavy atom. The van der Waals surface area contributed by atoms with Crippen LogP contribution in [0.4, 0.5) is 17.1 Å². The van der Waals surface area contributed by atoms with Gasteiger partial charge in [0.25, 0.3) is 0 Å². The number of carboxylic acids is 1. The second kappa shape index (κ2) is 7.49. The Kier molecular flexibility index (Phi) is 5.15. The lowest BCUT2D eigenvalue weighted by Crippen LogP contribution is -2.20. The van der Waals surface area contributed by atoms with E-state index < -0.39 is 11.9 Å². The van der Waals surface area contributed by atoms with E-state index in [9.17, 15) is 14.7 Å². The van der Waals surface area contributed by atoms with Crippen molar-refractivity contribution < 1.29 is 14.7 Å². The van der Waals surface area contributed by atoms with Gasteiger partial charge in [0.2, 0.25) is 5.91 Å². The lowest BCUT2D eigenvalue weighted by molar-refractivity contribution is -0.297. The summed E-state index contributed by atoms with van der Waals surface area (Å²) in [4.78, 5) is 21.6. The molecular formula is C16H12N3O3-. The first-order valence-corrected chi connectivity index (χ1v) is 6.40. The average molecular weight is 294 g/mol. The Hall–Kier alpha value is -3.28. The highest BCUT2D eigenvalue weighted by atomic mass is 16.4. The van der Waals surface area contributed by atoms with Crippen LogP contribution in [0.25, 0.3) is 0 Å². The van der Waals surface area contributed by atoms with Crippen LogP contribution in [-0.2, 0) is 9.59 Å². The molecule has 0 heterocycles. The molecule has 2 aromatic rings. The number of carbonyl (C=O) groups excluding carboxylic acids is 2. The number of aliphatic carboxylic acids is 1. The van der Waals surface area contributed by atoms with Gasteiger partial charge in [-0.1, -0.05) is 18.2 Å². The largest absolute Gasteiger partial charge is 0.545 e. The molecule has 0 radical (unpaired) electrons. The second-order valence-corrected chi connectivity index (χ2v) is 4.22. The van der Waals surface area contributed by atoms with Crippen LogP contribution in [-0.4, -0.2) is 11.9 Å². The second-order valence-electron chi connectivity index (χ2n) is 4.22. The maximum absolute atomic E-state index is 11.4. The number of amides is 1. The number of azo groups is 1. The van der Waals surface area contributed by atoms with E-state index in [0.717, 1.165) is 11.8 Å². The fourth-order valence-electron chi connectivity index (χ4n) is 1.55. The molecule has 0 saturated carbocycles. The first-order valence-electron chi connectivity index (χ1n) is 6.40. The summed E-state index contributed by atoms with van der Waals surface area (Å²) >= 11 is 0. The summed E-state index contributed by atoms with van der Waals surface area (Å²) in [5.74, 6) is -1.98. The van der Waals surface area contributed by atoms with Crippen LogP contribution < -0.4 is 10.4 Å². The Bertz CT molecular complexity index is 707. The van der Waals surface area contributed by atoms with Crippen molar-refractivity contribution in [2.45, 2.75) is 0 Å². The molecule has 22 heavy (non-hydrogen) atoms. The van der Waals surface area contributed by atoms with E-state index in [4.69, 9.17) is 0 Å². The molecule has 0 aliphatic heterocycles. The fraction of sp³-hybridized carbons (Fsp3) is 0. The van der Waals surface area contributed by atoms with Crippen molar-refractivity contribution in [1.82, 2.24) is 0 Å². The van der Waals surface area contributed by atoms with Crippen LogP contribution in [0.15, 0.2) is 77.0 Å². The van der Waals surface area contributed by atoms with Crippen LogP contribution >= 0.6 is 0 Å².